The lowest BCUT2D eigenvalue weighted by Gasteiger charge is -2.03. The second-order valence-electron chi connectivity index (χ2n) is 6.00. The number of pyridine rings is 2. The minimum absolute atomic E-state index is 0.0624. The van der Waals surface area contributed by atoms with E-state index in [1.807, 2.05) is 0 Å². The molecule has 0 atom stereocenters. The summed E-state index contributed by atoms with van der Waals surface area (Å²) in [4.78, 5) is 28.0. The van der Waals surface area contributed by atoms with Crippen molar-refractivity contribution in [2.75, 3.05) is 0 Å². The number of benzene rings is 2. The Labute approximate surface area is 216 Å². The lowest BCUT2D eigenvalue weighted by Crippen LogP contribution is -1.92. The summed E-state index contributed by atoms with van der Waals surface area (Å²) in [6, 6.07) is 6.41. The maximum absolute atomic E-state index is 10.7. The quantitative estimate of drug-likeness (QED) is 0.160. The van der Waals surface area contributed by atoms with Gasteiger partial charge in [-0.05, 0) is 56.1 Å². The second-order valence-corrected chi connectivity index (χ2v) is 9.27. The molecule has 0 aliphatic heterocycles. The van der Waals surface area contributed by atoms with E-state index in [-0.39, 0.29) is 21.4 Å². The number of fused-ring (bicyclic) bond motifs is 2. The third kappa shape index (κ3) is 5.05. The van der Waals surface area contributed by atoms with Crippen LogP contribution in [0.2, 0.25) is 20.1 Å². The second kappa shape index (κ2) is 9.98. The molecule has 0 aliphatic rings. The Morgan fingerprint density at radius 2 is 1.03 bits per heavy atom. The Morgan fingerprint density at radius 1 is 0.688 bits per heavy atom. The number of aromatic nitrogens is 2. The smallest absolute Gasteiger partial charge is 0.258 e. The topological polar surface area (TPSA) is 112 Å². The van der Waals surface area contributed by atoms with Crippen molar-refractivity contribution >= 4 is 111 Å². The SMILES string of the molecule is O=[N+]([O-])c1cnc2cc(Cl)c(Br)cc2c1Cl.O=[N+]([O-])c1cnc2cc(Cl)c(Br)cc2c1Cl. The first-order valence-electron chi connectivity index (χ1n) is 8.16. The van der Waals surface area contributed by atoms with Gasteiger partial charge >= 0.3 is 11.4 Å². The summed E-state index contributed by atoms with van der Waals surface area (Å²) in [7, 11) is 0. The number of hydrogen-bond donors (Lipinski definition) is 0. The van der Waals surface area contributed by atoms with Crippen molar-refractivity contribution in [1.82, 2.24) is 9.97 Å². The van der Waals surface area contributed by atoms with E-state index in [2.05, 4.69) is 41.8 Å². The van der Waals surface area contributed by atoms with Gasteiger partial charge in [0.05, 0.1) is 30.9 Å². The Balaban J connectivity index is 0.000000181. The lowest BCUT2D eigenvalue weighted by molar-refractivity contribution is -0.385. The fourth-order valence-electron chi connectivity index (χ4n) is 2.54. The van der Waals surface area contributed by atoms with E-state index in [9.17, 15) is 20.2 Å². The van der Waals surface area contributed by atoms with Crippen LogP contribution in [0.5, 0.6) is 0 Å². The van der Waals surface area contributed by atoms with Crippen LogP contribution in [-0.4, -0.2) is 19.8 Å². The van der Waals surface area contributed by atoms with Gasteiger partial charge in [-0.3, -0.25) is 20.2 Å². The first-order valence-corrected chi connectivity index (χ1v) is 11.3. The van der Waals surface area contributed by atoms with Gasteiger partial charge in [0.15, 0.2) is 0 Å². The Hall–Kier alpha value is -1.82. The molecule has 0 spiro atoms. The van der Waals surface area contributed by atoms with Crippen molar-refractivity contribution in [3.05, 3.63) is 85.9 Å². The van der Waals surface area contributed by atoms with Crippen molar-refractivity contribution in [1.29, 1.82) is 0 Å². The Morgan fingerprint density at radius 3 is 1.34 bits per heavy atom. The molecule has 0 aliphatic carbocycles. The monoisotopic (exact) mass is 640 g/mol. The zero-order valence-electron chi connectivity index (χ0n) is 15.2. The minimum Gasteiger partial charge on any atom is -0.258 e. The largest absolute Gasteiger partial charge is 0.306 e. The van der Waals surface area contributed by atoms with Gasteiger partial charge in [0, 0.05) is 19.7 Å². The molecule has 8 nitrogen and oxygen atoms in total. The van der Waals surface area contributed by atoms with Gasteiger partial charge in [-0.1, -0.05) is 46.4 Å². The molecule has 14 heteroatoms. The first-order chi connectivity index (χ1) is 15.0. The highest BCUT2D eigenvalue weighted by Crippen LogP contribution is 2.36. The molecule has 2 heterocycles. The molecule has 0 radical (unpaired) electrons. The number of halogens is 6. The third-order valence-corrected chi connectivity index (χ3v) is 7.23. The van der Waals surface area contributed by atoms with Crippen LogP contribution in [0.15, 0.2) is 45.6 Å². The number of nitrogens with zero attached hydrogens (tertiary/aromatic N) is 4. The molecule has 2 aromatic carbocycles. The summed E-state index contributed by atoms with van der Waals surface area (Å²) in [5.41, 5.74) is 0.597. The molecule has 2 aromatic heterocycles. The molecular formula is C18H6Br2Cl4N4O4. The number of hydrogen-bond acceptors (Lipinski definition) is 6. The molecule has 0 saturated heterocycles. The zero-order chi connectivity index (χ0) is 23.7. The van der Waals surface area contributed by atoms with Crippen LogP contribution in [-0.2, 0) is 0 Å². The normalized spacial score (nSPS) is 10.7. The van der Waals surface area contributed by atoms with Gasteiger partial charge in [-0.25, -0.2) is 9.97 Å². The summed E-state index contributed by atoms with van der Waals surface area (Å²) < 4.78 is 1.23. The van der Waals surface area contributed by atoms with Gasteiger partial charge in [0.2, 0.25) is 0 Å². The van der Waals surface area contributed by atoms with E-state index < -0.39 is 9.85 Å². The average molecular weight is 644 g/mol. The summed E-state index contributed by atoms with van der Waals surface area (Å²) in [6.45, 7) is 0. The summed E-state index contributed by atoms with van der Waals surface area (Å²) in [5.74, 6) is 0. The van der Waals surface area contributed by atoms with E-state index in [0.29, 0.717) is 40.8 Å². The van der Waals surface area contributed by atoms with Crippen molar-refractivity contribution in [3.63, 3.8) is 0 Å². The molecule has 4 aromatic rings. The lowest BCUT2D eigenvalue weighted by atomic mass is 10.2. The molecule has 0 N–H and O–H groups in total. The fraction of sp³-hybridized carbons (Fsp3) is 0. The first kappa shape index (κ1) is 24.8. The number of rotatable bonds is 2. The van der Waals surface area contributed by atoms with Crippen LogP contribution in [0, 0.1) is 20.2 Å². The van der Waals surface area contributed by atoms with Gasteiger partial charge in [0.1, 0.15) is 22.4 Å². The summed E-state index contributed by atoms with van der Waals surface area (Å²) in [6.07, 6.45) is 2.24. The van der Waals surface area contributed by atoms with Crippen LogP contribution in [0.25, 0.3) is 21.8 Å². The molecule has 0 unspecified atom stereocenters. The molecule has 0 amide bonds. The highest BCUT2D eigenvalue weighted by molar-refractivity contribution is 9.10. The van der Waals surface area contributed by atoms with E-state index in [1.54, 1.807) is 24.3 Å². The maximum Gasteiger partial charge on any atom is 0.306 e. The molecule has 4 rings (SSSR count). The van der Waals surface area contributed by atoms with Crippen molar-refractivity contribution in [3.8, 4) is 0 Å². The molecule has 0 bridgehead atoms. The predicted molar refractivity (Wildman–Crippen MR) is 132 cm³/mol. The fourth-order valence-corrected chi connectivity index (χ4v) is 4.08. The van der Waals surface area contributed by atoms with Gasteiger partial charge in [0.25, 0.3) is 0 Å². The van der Waals surface area contributed by atoms with E-state index in [1.165, 1.54) is 0 Å². The molecule has 32 heavy (non-hydrogen) atoms. The molecule has 0 fully saturated rings. The van der Waals surface area contributed by atoms with Crippen LogP contribution in [0.1, 0.15) is 0 Å². The van der Waals surface area contributed by atoms with E-state index in [0.717, 1.165) is 12.4 Å². The van der Waals surface area contributed by atoms with Gasteiger partial charge < -0.3 is 0 Å². The Kier molecular flexibility index (Phi) is 7.74. The van der Waals surface area contributed by atoms with E-state index >= 15 is 0 Å². The van der Waals surface area contributed by atoms with Crippen molar-refractivity contribution in [2.24, 2.45) is 0 Å². The summed E-state index contributed by atoms with van der Waals surface area (Å²) >= 11 is 30.0. The van der Waals surface area contributed by atoms with Crippen LogP contribution >= 0.6 is 78.3 Å². The highest BCUT2D eigenvalue weighted by atomic mass is 79.9. The minimum atomic E-state index is -0.572. The maximum atomic E-state index is 10.7. The molecule has 0 saturated carbocycles. The van der Waals surface area contributed by atoms with Crippen LogP contribution < -0.4 is 0 Å². The van der Waals surface area contributed by atoms with Gasteiger partial charge in [-0.15, -0.1) is 0 Å². The number of nitro groups is 2. The van der Waals surface area contributed by atoms with E-state index in [4.69, 9.17) is 46.4 Å². The predicted octanol–water partition coefficient (Wildman–Crippen LogP) is 8.42. The zero-order valence-corrected chi connectivity index (χ0v) is 21.3. The Bertz CT molecular complexity index is 1310. The third-order valence-electron chi connectivity index (χ3n) is 4.05. The van der Waals surface area contributed by atoms with Crippen LogP contribution in [0.4, 0.5) is 11.4 Å². The standard InChI is InChI=1S/2C9H3BrCl2N2O2/c2*10-5-1-4-7(2-6(5)11)13-3-8(9(4)12)14(15)16/h2*1-3H. The van der Waals surface area contributed by atoms with Crippen molar-refractivity contribution in [2.45, 2.75) is 0 Å². The summed E-state index contributed by atoms with van der Waals surface area (Å²) in [5, 5.41) is 23.4. The molecular weight excluding hydrogens is 638 g/mol. The molecule has 164 valence electrons. The van der Waals surface area contributed by atoms with Gasteiger partial charge in [-0.2, -0.15) is 0 Å². The van der Waals surface area contributed by atoms with Crippen LogP contribution in [0.3, 0.4) is 0 Å². The average Bonchev–Trinajstić information content (AvgIpc) is 2.71. The highest BCUT2D eigenvalue weighted by Gasteiger charge is 2.18. The van der Waals surface area contributed by atoms with Crippen molar-refractivity contribution < 1.29 is 9.85 Å².